The first-order valence-corrected chi connectivity index (χ1v) is 8.49. The average molecular weight is 329 g/mol. The fourth-order valence-corrected chi connectivity index (χ4v) is 3.73. The molecule has 0 aliphatic carbocycles. The molecule has 1 aliphatic rings. The number of nitrogens with zero attached hydrogens (tertiary/aromatic N) is 2. The maximum atomic E-state index is 12.8. The molecule has 23 heavy (non-hydrogen) atoms. The highest BCUT2D eigenvalue weighted by molar-refractivity contribution is 7.16. The summed E-state index contributed by atoms with van der Waals surface area (Å²) in [7, 11) is 0. The Morgan fingerprint density at radius 3 is 2.70 bits per heavy atom. The third-order valence-corrected chi connectivity index (χ3v) is 5.32. The van der Waals surface area contributed by atoms with Crippen molar-refractivity contribution in [1.29, 1.82) is 0 Å². The number of aromatic nitrogens is 1. The number of thiazole rings is 1. The van der Waals surface area contributed by atoms with Gasteiger partial charge in [-0.05, 0) is 19.8 Å². The summed E-state index contributed by atoms with van der Waals surface area (Å²) < 4.78 is 0. The molecule has 5 nitrogen and oxygen atoms in total. The minimum absolute atomic E-state index is 0.0665. The number of rotatable bonds is 3. The van der Waals surface area contributed by atoms with Crippen molar-refractivity contribution in [3.63, 3.8) is 0 Å². The summed E-state index contributed by atoms with van der Waals surface area (Å²) in [6, 6.07) is 9.90. The molecular formula is C17H19N3O2S. The van der Waals surface area contributed by atoms with Crippen molar-refractivity contribution in [2.24, 2.45) is 11.7 Å². The lowest BCUT2D eigenvalue weighted by molar-refractivity contribution is -0.123. The van der Waals surface area contributed by atoms with Crippen LogP contribution in [0.2, 0.25) is 0 Å². The van der Waals surface area contributed by atoms with Crippen LogP contribution in [0.5, 0.6) is 0 Å². The Balaban J connectivity index is 1.80. The van der Waals surface area contributed by atoms with E-state index in [1.807, 2.05) is 37.3 Å². The van der Waals surface area contributed by atoms with Crippen molar-refractivity contribution in [3.05, 3.63) is 41.4 Å². The summed E-state index contributed by atoms with van der Waals surface area (Å²) >= 11 is 1.38. The number of piperidine rings is 1. The van der Waals surface area contributed by atoms with E-state index in [9.17, 15) is 9.59 Å². The molecule has 2 atom stereocenters. The van der Waals surface area contributed by atoms with E-state index < -0.39 is 0 Å². The number of hydrogen-bond acceptors (Lipinski definition) is 4. The largest absolute Gasteiger partial charge is 0.369 e. The molecule has 0 unspecified atom stereocenters. The van der Waals surface area contributed by atoms with E-state index in [2.05, 4.69) is 4.98 Å². The maximum absolute atomic E-state index is 12.8. The second-order valence-corrected chi connectivity index (χ2v) is 6.91. The SMILES string of the molecule is C[C@H]1CC[C@H](C(N)=O)CN1C(=O)c1cnc(-c2ccccc2)s1. The highest BCUT2D eigenvalue weighted by Crippen LogP contribution is 2.28. The highest BCUT2D eigenvalue weighted by atomic mass is 32.1. The monoisotopic (exact) mass is 329 g/mol. The summed E-state index contributed by atoms with van der Waals surface area (Å²) in [6.07, 6.45) is 3.16. The first kappa shape index (κ1) is 15.7. The molecule has 2 N–H and O–H groups in total. The number of amides is 2. The topological polar surface area (TPSA) is 76.3 Å². The summed E-state index contributed by atoms with van der Waals surface area (Å²) in [4.78, 5) is 30.9. The predicted molar refractivity (Wildman–Crippen MR) is 90.0 cm³/mol. The Labute approximate surface area is 139 Å². The molecule has 1 fully saturated rings. The van der Waals surface area contributed by atoms with E-state index >= 15 is 0 Å². The first-order chi connectivity index (χ1) is 11.1. The van der Waals surface area contributed by atoms with Crippen LogP contribution in [0.4, 0.5) is 0 Å². The Morgan fingerprint density at radius 2 is 2.00 bits per heavy atom. The Hall–Kier alpha value is -2.21. The molecule has 2 amide bonds. The lowest BCUT2D eigenvalue weighted by Gasteiger charge is -2.36. The molecule has 1 saturated heterocycles. The van der Waals surface area contributed by atoms with Crippen LogP contribution in [-0.4, -0.2) is 34.3 Å². The van der Waals surface area contributed by atoms with Crippen molar-refractivity contribution in [2.45, 2.75) is 25.8 Å². The van der Waals surface area contributed by atoms with E-state index in [0.29, 0.717) is 11.4 Å². The van der Waals surface area contributed by atoms with Gasteiger partial charge in [-0.1, -0.05) is 30.3 Å². The number of benzene rings is 1. The quantitative estimate of drug-likeness (QED) is 0.940. The van der Waals surface area contributed by atoms with Gasteiger partial charge in [0.05, 0.1) is 12.1 Å². The van der Waals surface area contributed by atoms with Gasteiger partial charge in [0.15, 0.2) is 0 Å². The van der Waals surface area contributed by atoms with Crippen molar-refractivity contribution < 1.29 is 9.59 Å². The van der Waals surface area contributed by atoms with Crippen LogP contribution in [0, 0.1) is 5.92 Å². The molecule has 0 bridgehead atoms. The van der Waals surface area contributed by atoms with Gasteiger partial charge in [-0.2, -0.15) is 0 Å². The smallest absolute Gasteiger partial charge is 0.265 e. The Kier molecular flexibility index (Phi) is 4.43. The van der Waals surface area contributed by atoms with Gasteiger partial charge in [-0.3, -0.25) is 9.59 Å². The number of carbonyl (C=O) groups excluding carboxylic acids is 2. The molecule has 2 heterocycles. The van der Waals surface area contributed by atoms with Gasteiger partial charge in [-0.25, -0.2) is 4.98 Å². The fourth-order valence-electron chi connectivity index (χ4n) is 2.85. The lowest BCUT2D eigenvalue weighted by atomic mass is 9.93. The van der Waals surface area contributed by atoms with Gasteiger partial charge >= 0.3 is 0 Å². The van der Waals surface area contributed by atoms with Crippen molar-refractivity contribution in [2.75, 3.05) is 6.54 Å². The number of likely N-dealkylation sites (tertiary alicyclic amines) is 1. The molecule has 120 valence electrons. The minimum Gasteiger partial charge on any atom is -0.369 e. The predicted octanol–water partition coefficient (Wildman–Crippen LogP) is 2.54. The van der Waals surface area contributed by atoms with E-state index in [-0.39, 0.29) is 23.8 Å². The summed E-state index contributed by atoms with van der Waals surface area (Å²) in [6.45, 7) is 2.40. The van der Waals surface area contributed by atoms with Crippen LogP contribution in [-0.2, 0) is 4.79 Å². The van der Waals surface area contributed by atoms with Crippen LogP contribution in [0.15, 0.2) is 36.5 Å². The first-order valence-electron chi connectivity index (χ1n) is 7.68. The van der Waals surface area contributed by atoms with Crippen LogP contribution in [0.1, 0.15) is 29.4 Å². The third kappa shape index (κ3) is 3.27. The number of primary amides is 1. The Morgan fingerprint density at radius 1 is 1.26 bits per heavy atom. The van der Waals surface area contributed by atoms with E-state index in [1.165, 1.54) is 11.3 Å². The van der Waals surface area contributed by atoms with Crippen LogP contribution in [0.25, 0.3) is 10.6 Å². The van der Waals surface area contributed by atoms with Crippen molar-refractivity contribution in [3.8, 4) is 10.6 Å². The average Bonchev–Trinajstić information content (AvgIpc) is 3.05. The van der Waals surface area contributed by atoms with Crippen molar-refractivity contribution in [1.82, 2.24) is 9.88 Å². The highest BCUT2D eigenvalue weighted by Gasteiger charge is 2.32. The molecule has 3 rings (SSSR count). The van der Waals surface area contributed by atoms with Crippen molar-refractivity contribution >= 4 is 23.2 Å². The van der Waals surface area contributed by atoms with Crippen LogP contribution < -0.4 is 5.73 Å². The second-order valence-electron chi connectivity index (χ2n) is 5.88. The van der Waals surface area contributed by atoms with Gasteiger partial charge in [0, 0.05) is 18.2 Å². The van der Waals surface area contributed by atoms with Gasteiger partial charge in [0.25, 0.3) is 5.91 Å². The number of carbonyl (C=O) groups is 2. The standard InChI is InChI=1S/C17H19N3O2S/c1-11-7-8-13(15(18)21)10-20(11)17(22)14-9-19-16(23-14)12-5-3-2-4-6-12/h2-6,9,11,13H,7-8,10H2,1H3,(H2,18,21)/t11-,13-/m0/s1. The Bertz CT molecular complexity index is 714. The van der Waals surface area contributed by atoms with Gasteiger partial charge in [-0.15, -0.1) is 11.3 Å². The van der Waals surface area contributed by atoms with Crippen LogP contribution >= 0.6 is 11.3 Å². The number of nitrogens with two attached hydrogens (primary N) is 1. The normalized spacial score (nSPS) is 21.2. The zero-order chi connectivity index (χ0) is 16.4. The molecular weight excluding hydrogens is 310 g/mol. The molecule has 1 aliphatic heterocycles. The molecule has 0 radical (unpaired) electrons. The van der Waals surface area contributed by atoms with Gasteiger partial charge in [0.1, 0.15) is 9.88 Å². The molecule has 6 heteroatoms. The van der Waals surface area contributed by atoms with E-state index in [1.54, 1.807) is 11.1 Å². The molecule has 0 spiro atoms. The maximum Gasteiger partial charge on any atom is 0.265 e. The van der Waals surface area contributed by atoms with Gasteiger partial charge < -0.3 is 10.6 Å². The zero-order valence-corrected chi connectivity index (χ0v) is 13.8. The molecule has 0 saturated carbocycles. The molecule has 2 aromatic rings. The summed E-state index contributed by atoms with van der Waals surface area (Å²) in [5, 5.41) is 0.824. The second kappa shape index (κ2) is 6.50. The van der Waals surface area contributed by atoms with Crippen LogP contribution in [0.3, 0.4) is 0 Å². The molecule has 1 aromatic carbocycles. The summed E-state index contributed by atoms with van der Waals surface area (Å²) in [5.74, 6) is -0.649. The van der Waals surface area contributed by atoms with E-state index in [4.69, 9.17) is 5.73 Å². The number of hydrogen-bond donors (Lipinski definition) is 1. The minimum atomic E-state index is -0.330. The zero-order valence-electron chi connectivity index (χ0n) is 12.9. The third-order valence-electron chi connectivity index (χ3n) is 4.28. The lowest BCUT2D eigenvalue weighted by Crippen LogP contribution is -2.48. The van der Waals surface area contributed by atoms with E-state index in [0.717, 1.165) is 23.4 Å². The molecule has 1 aromatic heterocycles. The fraction of sp³-hybridized carbons (Fsp3) is 0.353. The summed E-state index contributed by atoms with van der Waals surface area (Å²) in [5.41, 5.74) is 6.41. The van der Waals surface area contributed by atoms with Gasteiger partial charge in [0.2, 0.25) is 5.91 Å².